The maximum atomic E-state index is 14.2. The first-order valence-corrected chi connectivity index (χ1v) is 13.8. The van der Waals surface area contributed by atoms with Crippen molar-refractivity contribution in [2.75, 3.05) is 20.2 Å². The average molecular weight is 565 g/mol. The molecule has 2 aromatic carbocycles. The van der Waals surface area contributed by atoms with E-state index in [0.717, 1.165) is 4.90 Å². The predicted octanol–water partition coefficient (Wildman–Crippen LogP) is 2.49. The maximum absolute atomic E-state index is 14.2. The number of β-lactam (4-membered cyclic amide) rings is 1. The lowest BCUT2D eigenvalue weighted by atomic mass is 9.92. The van der Waals surface area contributed by atoms with Crippen LogP contribution in [0.5, 0.6) is 5.75 Å². The molecule has 2 atom stereocenters. The van der Waals surface area contributed by atoms with Crippen molar-refractivity contribution in [3.8, 4) is 5.75 Å². The molecule has 1 N–H and O–H groups in total. The van der Waals surface area contributed by atoms with Gasteiger partial charge in [0.1, 0.15) is 17.3 Å². The number of sulfone groups is 1. The van der Waals surface area contributed by atoms with Gasteiger partial charge in [-0.2, -0.15) is 0 Å². The van der Waals surface area contributed by atoms with Gasteiger partial charge in [0, 0.05) is 43.3 Å². The summed E-state index contributed by atoms with van der Waals surface area (Å²) < 4.78 is 45.9. The van der Waals surface area contributed by atoms with Crippen LogP contribution >= 0.6 is 11.6 Å². The number of halogens is 2. The van der Waals surface area contributed by atoms with Gasteiger partial charge in [0.25, 0.3) is 0 Å². The lowest BCUT2D eigenvalue weighted by molar-refractivity contribution is -0.150. The van der Waals surface area contributed by atoms with Gasteiger partial charge in [0.05, 0.1) is 18.4 Å². The molecule has 9 nitrogen and oxygen atoms in total. The van der Waals surface area contributed by atoms with Crippen LogP contribution in [0, 0.1) is 11.7 Å². The second-order valence-corrected chi connectivity index (χ2v) is 11.9. The van der Waals surface area contributed by atoms with Crippen LogP contribution in [0.25, 0.3) is 0 Å². The van der Waals surface area contributed by atoms with Crippen LogP contribution in [0.4, 0.5) is 4.39 Å². The maximum Gasteiger partial charge on any atom is 0.228 e. The summed E-state index contributed by atoms with van der Waals surface area (Å²) in [7, 11) is -2.73. The van der Waals surface area contributed by atoms with Crippen LogP contribution < -0.4 is 10.1 Å². The molecule has 5 rings (SSSR count). The van der Waals surface area contributed by atoms with E-state index in [9.17, 15) is 32.0 Å². The molecular formula is C26H26ClFN2O7S. The molecular weight excluding hydrogens is 539 g/mol. The molecule has 202 valence electrons. The lowest BCUT2D eigenvalue weighted by Gasteiger charge is -2.44. The fourth-order valence-corrected chi connectivity index (χ4v) is 7.07. The molecule has 2 amide bonds. The van der Waals surface area contributed by atoms with Crippen molar-refractivity contribution in [2.45, 2.75) is 41.9 Å². The summed E-state index contributed by atoms with van der Waals surface area (Å²) in [5, 5.41) is 2.97. The van der Waals surface area contributed by atoms with Crippen LogP contribution in [0.3, 0.4) is 0 Å². The van der Waals surface area contributed by atoms with Gasteiger partial charge >= 0.3 is 0 Å². The normalized spacial score (nSPS) is 23.0. The fraction of sp³-hybridized carbons (Fsp3) is 0.385. The number of carbonyl (C=O) groups is 4. The summed E-state index contributed by atoms with van der Waals surface area (Å²) >= 11 is 5.83. The number of benzene rings is 2. The monoisotopic (exact) mass is 564 g/mol. The topological polar surface area (TPSA) is 127 Å². The van der Waals surface area contributed by atoms with Crippen molar-refractivity contribution in [1.82, 2.24) is 10.2 Å². The number of hydrogen-bond donors (Lipinski definition) is 1. The average Bonchev–Trinajstić information content (AvgIpc) is 2.97. The molecule has 3 saturated heterocycles. The number of carbonyl (C=O) groups excluding carboxylic acids is 4. The van der Waals surface area contributed by atoms with Crippen molar-refractivity contribution in [2.24, 2.45) is 5.92 Å². The van der Waals surface area contributed by atoms with Crippen LogP contribution in [-0.2, 0) is 35.4 Å². The summed E-state index contributed by atoms with van der Waals surface area (Å²) in [4.78, 5) is 45.7. The quantitative estimate of drug-likeness (QED) is 0.553. The highest BCUT2D eigenvalue weighted by Gasteiger charge is 2.70. The third kappa shape index (κ3) is 5.04. The Morgan fingerprint density at radius 3 is 2.45 bits per heavy atom. The van der Waals surface area contributed by atoms with Crippen molar-refractivity contribution >= 4 is 44.8 Å². The number of ketones is 2. The van der Waals surface area contributed by atoms with E-state index in [0.29, 0.717) is 36.6 Å². The molecule has 0 aromatic heterocycles. The summed E-state index contributed by atoms with van der Waals surface area (Å²) in [5.41, 5.74) is 0.233. The Balaban J connectivity index is 0.000000317. The van der Waals surface area contributed by atoms with Crippen molar-refractivity contribution < 1.29 is 36.7 Å². The Kier molecular flexibility index (Phi) is 7.89. The third-order valence-corrected chi connectivity index (χ3v) is 9.53. The molecule has 3 aliphatic heterocycles. The predicted molar refractivity (Wildman–Crippen MR) is 135 cm³/mol. The number of nitrogens with one attached hydrogen (secondary N) is 1. The zero-order valence-electron chi connectivity index (χ0n) is 20.5. The minimum absolute atomic E-state index is 0.000787. The Morgan fingerprint density at radius 2 is 1.79 bits per heavy atom. The molecule has 0 aliphatic carbocycles. The van der Waals surface area contributed by atoms with E-state index in [1.54, 1.807) is 0 Å². The Bertz CT molecular complexity index is 1380. The van der Waals surface area contributed by atoms with Gasteiger partial charge in [-0.3, -0.25) is 19.2 Å². The number of hydrogen-bond acceptors (Lipinski definition) is 7. The first-order chi connectivity index (χ1) is 18.0. The zero-order valence-corrected chi connectivity index (χ0v) is 22.1. The van der Waals surface area contributed by atoms with E-state index in [1.807, 2.05) is 0 Å². The number of nitrogens with zero attached hydrogens (tertiary/aromatic N) is 1. The van der Waals surface area contributed by atoms with Gasteiger partial charge in [-0.25, -0.2) is 12.8 Å². The van der Waals surface area contributed by atoms with Crippen LogP contribution in [0.2, 0.25) is 5.02 Å². The van der Waals surface area contributed by atoms with E-state index < -0.39 is 44.6 Å². The number of ether oxygens (including phenoxy) is 1. The van der Waals surface area contributed by atoms with Gasteiger partial charge in [-0.05, 0) is 54.4 Å². The van der Waals surface area contributed by atoms with Gasteiger partial charge in [-0.15, -0.1) is 0 Å². The van der Waals surface area contributed by atoms with Gasteiger partial charge in [0.15, 0.2) is 5.78 Å². The van der Waals surface area contributed by atoms with E-state index >= 15 is 0 Å². The molecule has 2 aromatic rings. The molecule has 0 spiro atoms. The number of Topliss-reactive ketones (excluding diaryl/α,β-unsaturated/α-hetero) is 2. The van der Waals surface area contributed by atoms with Crippen molar-refractivity contribution in [1.29, 1.82) is 0 Å². The lowest BCUT2D eigenvalue weighted by Crippen LogP contribution is -2.67. The molecule has 0 saturated carbocycles. The second-order valence-electron chi connectivity index (χ2n) is 9.28. The van der Waals surface area contributed by atoms with Gasteiger partial charge in [-0.1, -0.05) is 11.6 Å². The minimum atomic E-state index is -4.17. The third-order valence-electron chi connectivity index (χ3n) is 6.93. The van der Waals surface area contributed by atoms with Crippen LogP contribution in [-0.4, -0.2) is 61.8 Å². The van der Waals surface area contributed by atoms with E-state index in [4.69, 9.17) is 16.3 Å². The molecule has 3 fully saturated rings. The highest BCUT2D eigenvalue weighted by atomic mass is 35.5. The summed E-state index contributed by atoms with van der Waals surface area (Å²) in [6, 6.07) is 9.62. The Morgan fingerprint density at radius 1 is 1.08 bits per heavy atom. The number of amides is 2. The molecule has 38 heavy (non-hydrogen) atoms. The molecule has 12 heteroatoms. The van der Waals surface area contributed by atoms with Crippen molar-refractivity contribution in [3.05, 3.63) is 58.9 Å². The highest BCUT2D eigenvalue weighted by molar-refractivity contribution is 7.93. The molecule has 0 bridgehead atoms. The van der Waals surface area contributed by atoms with E-state index in [-0.39, 0.29) is 35.1 Å². The summed E-state index contributed by atoms with van der Waals surface area (Å²) in [6.07, 6.45) is 0.869. The largest absolute Gasteiger partial charge is 0.497 e. The Labute approximate surface area is 224 Å². The van der Waals surface area contributed by atoms with Gasteiger partial charge < -0.3 is 15.0 Å². The SMILES string of the molecule is COc1ccc(F)c(CC2CN3C(=O)CC3(S(=O)(=O)c3ccc(Cl)cc3)C2=O)c1.O=C1CCNC(=O)CC1. The van der Waals surface area contributed by atoms with Crippen LogP contribution in [0.1, 0.15) is 31.2 Å². The van der Waals surface area contributed by atoms with E-state index in [1.165, 1.54) is 49.6 Å². The second kappa shape index (κ2) is 10.8. The Hall–Kier alpha value is -3.31. The molecule has 2 unspecified atom stereocenters. The molecule has 3 heterocycles. The summed E-state index contributed by atoms with van der Waals surface area (Å²) in [5.74, 6) is -1.73. The van der Waals surface area contributed by atoms with Gasteiger partial charge in [0.2, 0.25) is 26.5 Å². The highest BCUT2D eigenvalue weighted by Crippen LogP contribution is 2.48. The first kappa shape index (κ1) is 27.7. The molecule has 0 radical (unpaired) electrons. The van der Waals surface area contributed by atoms with E-state index in [2.05, 4.69) is 5.32 Å². The fourth-order valence-electron chi connectivity index (χ4n) is 4.84. The first-order valence-electron chi connectivity index (χ1n) is 12.0. The molecule has 3 aliphatic rings. The summed E-state index contributed by atoms with van der Waals surface area (Å²) in [6.45, 7) is 0.457. The number of rotatable bonds is 5. The van der Waals surface area contributed by atoms with Crippen molar-refractivity contribution in [3.63, 3.8) is 0 Å². The minimum Gasteiger partial charge on any atom is -0.497 e. The van der Waals surface area contributed by atoms with Crippen LogP contribution in [0.15, 0.2) is 47.4 Å². The smallest absolute Gasteiger partial charge is 0.228 e. The zero-order chi connectivity index (χ0) is 27.7. The standard InChI is InChI=1S/C20H17ClFNO5S.C6H9NO2/c1-28-15-4-7-17(22)12(9-15)8-13-11-23-18(24)10-20(23,19(13)25)29(26,27)16-5-2-14(21)3-6-16;8-5-1-2-6(9)7-4-3-5/h2-7,9,13H,8,10-11H2,1H3;1-4H2,(H,7,9). The number of methoxy groups -OCH3 is 1. The number of fused-ring (bicyclic) bond motifs is 1.